The monoisotopic (exact) mass is 270 g/mol. The van der Waals surface area contributed by atoms with Crippen LogP contribution in [0.25, 0.3) is 0 Å². The smallest absolute Gasteiger partial charge is 0.00331 e. The summed E-state index contributed by atoms with van der Waals surface area (Å²) >= 11 is 0. The molecular formula is C21H18. The summed E-state index contributed by atoms with van der Waals surface area (Å²) in [7, 11) is 0. The lowest BCUT2D eigenvalue weighted by molar-refractivity contribution is 0.779. The third-order valence-corrected chi connectivity index (χ3v) is 7.22. The molecule has 1 aromatic rings. The molecule has 6 atom stereocenters. The van der Waals surface area contributed by atoms with Crippen molar-refractivity contribution in [3.63, 3.8) is 0 Å². The van der Waals surface area contributed by atoms with Crippen LogP contribution < -0.4 is 0 Å². The van der Waals surface area contributed by atoms with Crippen LogP contribution in [0.4, 0.5) is 0 Å². The summed E-state index contributed by atoms with van der Waals surface area (Å²) in [5.41, 5.74) is 10.8. The Labute approximate surface area is 125 Å². The van der Waals surface area contributed by atoms with Gasteiger partial charge in [-0.15, -0.1) is 0 Å². The van der Waals surface area contributed by atoms with E-state index in [1.165, 1.54) is 19.3 Å². The van der Waals surface area contributed by atoms with E-state index in [0.29, 0.717) is 0 Å². The maximum absolute atomic E-state index is 2.51. The second-order valence-corrected chi connectivity index (χ2v) is 7.98. The molecule has 102 valence electrons. The van der Waals surface area contributed by atoms with E-state index < -0.39 is 0 Å². The van der Waals surface area contributed by atoms with Crippen molar-refractivity contribution >= 4 is 0 Å². The molecule has 0 nitrogen and oxygen atoms in total. The third-order valence-electron chi connectivity index (χ3n) is 7.22. The van der Waals surface area contributed by atoms with Gasteiger partial charge in [0.25, 0.3) is 0 Å². The Morgan fingerprint density at radius 3 is 0.762 bits per heavy atom. The highest BCUT2D eigenvalue weighted by atomic mass is 14.5. The second-order valence-electron chi connectivity index (χ2n) is 7.98. The molecule has 1 aromatic carbocycles. The molecule has 0 N–H and O–H groups in total. The predicted molar refractivity (Wildman–Crippen MR) is 84.2 cm³/mol. The van der Waals surface area contributed by atoms with Crippen molar-refractivity contribution in [2.75, 3.05) is 0 Å². The first-order valence-corrected chi connectivity index (χ1v) is 8.68. The molecule has 0 fully saturated rings. The number of hydrogen-bond acceptors (Lipinski definition) is 0. The van der Waals surface area contributed by atoms with E-state index in [1.54, 1.807) is 33.4 Å². The summed E-state index contributed by atoms with van der Waals surface area (Å²) in [6.45, 7) is 0. The van der Waals surface area contributed by atoms with E-state index in [0.717, 1.165) is 35.5 Å². The fraction of sp³-hybridized carbons (Fsp3) is 0.429. The third kappa shape index (κ3) is 0.924. The van der Waals surface area contributed by atoms with Gasteiger partial charge in [0.1, 0.15) is 0 Å². The van der Waals surface area contributed by atoms with Crippen molar-refractivity contribution in [2.24, 2.45) is 0 Å². The van der Waals surface area contributed by atoms with Gasteiger partial charge in [-0.2, -0.15) is 0 Å². The zero-order chi connectivity index (χ0) is 13.3. The first-order valence-electron chi connectivity index (χ1n) is 8.68. The number of hydrogen-bond donors (Lipinski definition) is 0. The van der Waals surface area contributed by atoms with Crippen molar-refractivity contribution in [1.82, 2.24) is 0 Å². The molecule has 0 amide bonds. The van der Waals surface area contributed by atoms with Crippen LogP contribution in [-0.4, -0.2) is 0 Å². The summed E-state index contributed by atoms with van der Waals surface area (Å²) in [4.78, 5) is 0. The molecule has 21 heavy (non-hydrogen) atoms. The predicted octanol–water partition coefficient (Wildman–Crippen LogP) is 5.11. The van der Waals surface area contributed by atoms with Crippen LogP contribution in [0.1, 0.15) is 88.2 Å². The van der Waals surface area contributed by atoms with Crippen LogP contribution in [-0.2, 0) is 0 Å². The van der Waals surface area contributed by atoms with Gasteiger partial charge in [0.15, 0.2) is 0 Å². The maximum atomic E-state index is 2.51. The maximum Gasteiger partial charge on any atom is 0.00331 e. The summed E-state index contributed by atoms with van der Waals surface area (Å²) < 4.78 is 0. The number of benzene rings is 1. The molecule has 0 unspecified atom stereocenters. The van der Waals surface area contributed by atoms with E-state index in [-0.39, 0.29) is 0 Å². The first kappa shape index (κ1) is 10.2. The van der Waals surface area contributed by atoms with E-state index in [1.807, 2.05) is 0 Å². The molecular weight excluding hydrogens is 252 g/mol. The van der Waals surface area contributed by atoms with Crippen LogP contribution in [0.5, 0.6) is 0 Å². The SMILES string of the molecule is C1=C[C@@H]2C[C@@H]1c1c3c(c4c(c12)[C@H]1C=C[C@H]4C1)[C@@H]1C=C[C@@H]3C1. The Morgan fingerprint density at radius 1 is 0.381 bits per heavy atom. The second kappa shape index (κ2) is 2.97. The van der Waals surface area contributed by atoms with Crippen LogP contribution in [0, 0.1) is 0 Å². The summed E-state index contributed by atoms with van der Waals surface area (Å²) in [6, 6.07) is 0. The minimum absolute atomic E-state index is 0.750. The molecule has 0 saturated carbocycles. The van der Waals surface area contributed by atoms with Gasteiger partial charge in [0, 0.05) is 35.5 Å². The van der Waals surface area contributed by atoms with Gasteiger partial charge < -0.3 is 0 Å². The lowest BCUT2D eigenvalue weighted by atomic mass is 9.76. The largest absolute Gasteiger partial charge is 0.0803 e. The standard InChI is InChI=1S/C21H18/c1-2-11-7-10(1)16-17(11)19-13-5-6-15(9-13)21(19)20-14-4-3-12(8-14)18(16)20/h1-6,10-15H,7-9H2/t10-,11-,12-,13+,14-,15+/m1/s1. The molecule has 7 rings (SSSR count). The zero-order valence-electron chi connectivity index (χ0n) is 12.0. The molecule has 6 aliphatic carbocycles. The van der Waals surface area contributed by atoms with Crippen molar-refractivity contribution in [3.05, 3.63) is 69.8 Å². The van der Waals surface area contributed by atoms with Crippen molar-refractivity contribution in [3.8, 4) is 0 Å². The quantitative estimate of drug-likeness (QED) is 0.575. The van der Waals surface area contributed by atoms with Crippen molar-refractivity contribution in [1.29, 1.82) is 0 Å². The minimum Gasteiger partial charge on any atom is -0.0803 e. The Hall–Kier alpha value is -1.56. The number of rotatable bonds is 0. The fourth-order valence-electron chi connectivity index (χ4n) is 6.65. The lowest BCUT2D eigenvalue weighted by Gasteiger charge is -2.28. The fourth-order valence-corrected chi connectivity index (χ4v) is 6.65. The first-order chi connectivity index (χ1) is 10.4. The molecule has 0 aromatic heterocycles. The molecule has 0 saturated heterocycles. The van der Waals surface area contributed by atoms with E-state index in [4.69, 9.17) is 0 Å². The molecule has 6 bridgehead atoms. The number of allylic oxidation sites excluding steroid dienone is 6. The van der Waals surface area contributed by atoms with E-state index in [2.05, 4.69) is 36.5 Å². The van der Waals surface area contributed by atoms with Gasteiger partial charge in [-0.05, 0) is 52.6 Å². The van der Waals surface area contributed by atoms with Crippen LogP contribution >= 0.6 is 0 Å². The van der Waals surface area contributed by atoms with Gasteiger partial charge in [-0.1, -0.05) is 36.5 Å². The lowest BCUT2D eigenvalue weighted by Crippen LogP contribution is -2.12. The Kier molecular flexibility index (Phi) is 1.45. The van der Waals surface area contributed by atoms with Crippen LogP contribution in [0.2, 0.25) is 0 Å². The highest BCUT2D eigenvalue weighted by molar-refractivity contribution is 5.71. The molecule has 0 radical (unpaired) electrons. The van der Waals surface area contributed by atoms with Crippen LogP contribution in [0.3, 0.4) is 0 Å². The molecule has 6 aliphatic rings. The number of fused-ring (bicyclic) bond motifs is 18. The van der Waals surface area contributed by atoms with Crippen molar-refractivity contribution < 1.29 is 0 Å². The van der Waals surface area contributed by atoms with E-state index >= 15 is 0 Å². The van der Waals surface area contributed by atoms with Crippen LogP contribution in [0.15, 0.2) is 36.5 Å². The molecule has 0 heterocycles. The molecule has 0 heteroatoms. The Morgan fingerprint density at radius 2 is 0.571 bits per heavy atom. The van der Waals surface area contributed by atoms with Gasteiger partial charge >= 0.3 is 0 Å². The minimum atomic E-state index is 0.750. The molecule has 0 spiro atoms. The van der Waals surface area contributed by atoms with Crippen molar-refractivity contribution in [2.45, 2.75) is 54.8 Å². The Balaban J connectivity index is 1.68. The summed E-state index contributed by atoms with van der Waals surface area (Å²) in [5.74, 6) is 4.50. The van der Waals surface area contributed by atoms with E-state index in [9.17, 15) is 0 Å². The van der Waals surface area contributed by atoms with Gasteiger partial charge in [0.2, 0.25) is 0 Å². The average molecular weight is 270 g/mol. The van der Waals surface area contributed by atoms with Gasteiger partial charge in [0.05, 0.1) is 0 Å². The normalized spacial score (nSPS) is 44.0. The summed E-state index contributed by atoms with van der Waals surface area (Å²) in [5, 5.41) is 0. The topological polar surface area (TPSA) is 0 Å². The summed E-state index contributed by atoms with van der Waals surface area (Å²) in [6.07, 6.45) is 19.2. The molecule has 0 aliphatic heterocycles. The van der Waals surface area contributed by atoms with Gasteiger partial charge in [-0.3, -0.25) is 0 Å². The average Bonchev–Trinajstić information content (AvgIpc) is 3.34. The zero-order valence-corrected chi connectivity index (χ0v) is 12.0. The van der Waals surface area contributed by atoms with Gasteiger partial charge in [-0.25, -0.2) is 0 Å². The highest BCUT2D eigenvalue weighted by Crippen LogP contribution is 2.65. The Bertz CT molecular complexity index is 627. The highest BCUT2D eigenvalue weighted by Gasteiger charge is 2.49.